The molecule has 2 amide bonds. The highest BCUT2D eigenvalue weighted by Crippen LogP contribution is 2.31. The third kappa shape index (κ3) is 4.80. The smallest absolute Gasteiger partial charge is 0.415 e. The number of nitro groups is 1. The molecule has 4 rings (SSSR count). The number of carbonyl (C=O) groups is 1. The first-order valence-corrected chi connectivity index (χ1v) is 10.1. The van der Waals surface area contributed by atoms with Gasteiger partial charge in [0.2, 0.25) is 0 Å². The molecular weight excluding hydrogens is 414 g/mol. The van der Waals surface area contributed by atoms with Crippen LogP contribution in [0.1, 0.15) is 19.4 Å². The molecule has 0 saturated carbocycles. The Morgan fingerprint density at radius 1 is 1.19 bits per heavy atom. The van der Waals surface area contributed by atoms with Gasteiger partial charge in [0, 0.05) is 16.4 Å². The van der Waals surface area contributed by atoms with Crippen LogP contribution in [0.5, 0.6) is 11.8 Å². The van der Waals surface area contributed by atoms with Gasteiger partial charge in [-0.15, -0.1) is 0 Å². The van der Waals surface area contributed by atoms with E-state index in [0.29, 0.717) is 18.0 Å². The molecule has 1 aliphatic heterocycles. The second-order valence-electron chi connectivity index (χ2n) is 7.76. The Kier molecular flexibility index (Phi) is 5.67. The number of ether oxygens (including phenoxy) is 2. The van der Waals surface area contributed by atoms with Gasteiger partial charge in [0.1, 0.15) is 18.6 Å². The van der Waals surface area contributed by atoms with Gasteiger partial charge in [0.05, 0.1) is 6.54 Å². The number of fused-ring (bicyclic) bond motifs is 1. The fourth-order valence-electron chi connectivity index (χ4n) is 3.34. The summed E-state index contributed by atoms with van der Waals surface area (Å²) >= 11 is 0. The Labute approximate surface area is 184 Å². The van der Waals surface area contributed by atoms with Crippen molar-refractivity contribution < 1.29 is 19.2 Å². The Morgan fingerprint density at radius 3 is 2.38 bits per heavy atom. The number of nitrogens with zero attached hydrogens (tertiary/aromatic N) is 3. The van der Waals surface area contributed by atoms with Crippen molar-refractivity contribution in [2.75, 3.05) is 17.2 Å². The first kappa shape index (κ1) is 21.2. The average Bonchev–Trinajstić information content (AvgIpc) is 3.29. The Bertz CT molecular complexity index is 1100. The van der Waals surface area contributed by atoms with Crippen molar-refractivity contribution in [2.24, 2.45) is 0 Å². The lowest BCUT2D eigenvalue weighted by Crippen LogP contribution is -2.38. The molecule has 0 aliphatic carbocycles. The fourth-order valence-corrected chi connectivity index (χ4v) is 3.34. The van der Waals surface area contributed by atoms with Crippen LogP contribution in [0, 0.1) is 10.1 Å². The van der Waals surface area contributed by atoms with Crippen LogP contribution in [0.25, 0.3) is 0 Å². The van der Waals surface area contributed by atoms with E-state index in [2.05, 4.69) is 22.5 Å². The summed E-state index contributed by atoms with van der Waals surface area (Å²) in [5.41, 5.74) is 1.85. The molecule has 0 radical (unpaired) electrons. The predicted molar refractivity (Wildman–Crippen MR) is 118 cm³/mol. The number of urea groups is 1. The van der Waals surface area contributed by atoms with E-state index in [1.165, 1.54) is 11.8 Å². The zero-order valence-electron chi connectivity index (χ0n) is 17.7. The quantitative estimate of drug-likeness (QED) is 0.422. The molecule has 1 aliphatic rings. The lowest BCUT2D eigenvalue weighted by Gasteiger charge is -2.22. The molecule has 0 fully saturated rings. The number of rotatable bonds is 7. The molecule has 1 aromatic heterocycles. The topological polar surface area (TPSA) is 121 Å². The van der Waals surface area contributed by atoms with Gasteiger partial charge in [-0.3, -0.25) is 4.57 Å². The second kappa shape index (κ2) is 8.58. The zero-order valence-corrected chi connectivity index (χ0v) is 17.7. The number of imidazole rings is 1. The van der Waals surface area contributed by atoms with Gasteiger partial charge in [0.15, 0.2) is 5.60 Å². The van der Waals surface area contributed by atoms with Crippen LogP contribution in [0.15, 0.2) is 54.7 Å². The molecule has 2 heterocycles. The van der Waals surface area contributed by atoms with Crippen LogP contribution in [-0.2, 0) is 13.0 Å². The summed E-state index contributed by atoms with van der Waals surface area (Å²) in [6, 6.07) is 14.5. The van der Waals surface area contributed by atoms with E-state index in [0.717, 1.165) is 12.1 Å². The summed E-state index contributed by atoms with van der Waals surface area (Å²) < 4.78 is 13.2. The van der Waals surface area contributed by atoms with Crippen molar-refractivity contribution in [3.05, 3.63) is 70.4 Å². The number of aryl methyl sites for hydroxylation is 1. The average molecular weight is 437 g/mol. The molecule has 2 N–H and O–H groups in total. The molecule has 1 atom stereocenters. The van der Waals surface area contributed by atoms with Crippen LogP contribution in [0.4, 0.5) is 22.0 Å². The summed E-state index contributed by atoms with van der Waals surface area (Å²) in [5.74, 6) is 0.361. The predicted octanol–water partition coefficient (Wildman–Crippen LogP) is 4.23. The van der Waals surface area contributed by atoms with Gasteiger partial charge in [-0.2, -0.15) is 0 Å². The van der Waals surface area contributed by atoms with E-state index in [1.807, 2.05) is 31.2 Å². The number of hydrogen-bond donors (Lipinski definition) is 2. The standard InChI is InChI=1S/C22H23N5O5/c1-3-15-4-6-16(7-5-15)23-20(28)24-17-8-10-18(11-9-17)31-14-22(2)13-26-12-19(27(29)30)25-21(26)32-22/h4-12H,3,13-14H2,1-2H3,(H2,23,24,28)/t22-/m1/s1. The molecule has 166 valence electrons. The van der Waals surface area contributed by atoms with Gasteiger partial charge in [0.25, 0.3) is 0 Å². The minimum Gasteiger partial charge on any atom is -0.489 e. The number of aromatic nitrogens is 2. The summed E-state index contributed by atoms with van der Waals surface area (Å²) in [7, 11) is 0. The highest BCUT2D eigenvalue weighted by molar-refractivity contribution is 5.99. The van der Waals surface area contributed by atoms with E-state index in [-0.39, 0.29) is 24.5 Å². The number of benzene rings is 2. The van der Waals surface area contributed by atoms with Crippen LogP contribution >= 0.6 is 0 Å². The Hall–Kier alpha value is -4.08. The molecule has 3 aromatic rings. The third-order valence-electron chi connectivity index (χ3n) is 5.03. The summed E-state index contributed by atoms with van der Waals surface area (Å²) in [5, 5.41) is 16.4. The molecule has 10 nitrogen and oxygen atoms in total. The monoisotopic (exact) mass is 437 g/mol. The zero-order chi connectivity index (χ0) is 22.7. The number of hydrogen-bond acceptors (Lipinski definition) is 6. The van der Waals surface area contributed by atoms with Gasteiger partial charge < -0.3 is 30.2 Å². The molecule has 0 unspecified atom stereocenters. The van der Waals surface area contributed by atoms with Crippen molar-refractivity contribution >= 4 is 23.2 Å². The van der Waals surface area contributed by atoms with Crippen molar-refractivity contribution in [3.63, 3.8) is 0 Å². The third-order valence-corrected chi connectivity index (χ3v) is 5.03. The van der Waals surface area contributed by atoms with Crippen LogP contribution in [0.3, 0.4) is 0 Å². The maximum Gasteiger partial charge on any atom is 0.415 e. The number of carbonyl (C=O) groups excluding carboxylic acids is 1. The first-order valence-electron chi connectivity index (χ1n) is 10.1. The minimum absolute atomic E-state index is 0.206. The lowest BCUT2D eigenvalue weighted by molar-refractivity contribution is -0.389. The normalized spacial score (nSPS) is 16.7. The number of amides is 2. The summed E-state index contributed by atoms with van der Waals surface area (Å²) in [4.78, 5) is 26.3. The second-order valence-corrected chi connectivity index (χ2v) is 7.76. The van der Waals surface area contributed by atoms with Gasteiger partial charge >= 0.3 is 17.9 Å². The largest absolute Gasteiger partial charge is 0.489 e. The highest BCUT2D eigenvalue weighted by Gasteiger charge is 2.41. The van der Waals surface area contributed by atoms with Gasteiger partial charge in [-0.1, -0.05) is 19.1 Å². The van der Waals surface area contributed by atoms with E-state index in [1.54, 1.807) is 28.8 Å². The van der Waals surface area contributed by atoms with Crippen molar-refractivity contribution in [3.8, 4) is 11.8 Å². The number of nitrogens with one attached hydrogen (secondary N) is 2. The minimum atomic E-state index is -0.693. The van der Waals surface area contributed by atoms with Gasteiger partial charge in [-0.25, -0.2) is 4.79 Å². The molecule has 10 heteroatoms. The van der Waals surface area contributed by atoms with Crippen molar-refractivity contribution in [1.82, 2.24) is 9.55 Å². The van der Waals surface area contributed by atoms with Crippen LogP contribution in [-0.4, -0.2) is 32.7 Å². The Morgan fingerprint density at radius 2 is 1.81 bits per heavy atom. The fraction of sp³-hybridized carbons (Fsp3) is 0.273. The summed E-state index contributed by atoms with van der Waals surface area (Å²) in [6.07, 6.45) is 2.29. The van der Waals surface area contributed by atoms with E-state index in [4.69, 9.17) is 9.47 Å². The van der Waals surface area contributed by atoms with E-state index < -0.39 is 10.5 Å². The molecule has 0 spiro atoms. The molecule has 2 aromatic carbocycles. The first-order chi connectivity index (χ1) is 15.3. The molecule has 0 saturated heterocycles. The Balaban J connectivity index is 1.27. The lowest BCUT2D eigenvalue weighted by atomic mass is 10.1. The SMILES string of the molecule is CCc1ccc(NC(=O)Nc2ccc(OC[C@@]3(C)Cn4cc([N+](=O)[O-])nc4O3)cc2)cc1. The number of anilines is 2. The molecule has 0 bridgehead atoms. The van der Waals surface area contributed by atoms with E-state index in [9.17, 15) is 14.9 Å². The molecule has 32 heavy (non-hydrogen) atoms. The summed E-state index contributed by atoms with van der Waals surface area (Å²) in [6.45, 7) is 4.54. The van der Waals surface area contributed by atoms with Crippen LogP contribution in [0.2, 0.25) is 0 Å². The maximum absolute atomic E-state index is 12.2. The maximum atomic E-state index is 12.2. The van der Waals surface area contributed by atoms with E-state index >= 15 is 0 Å². The van der Waals surface area contributed by atoms with Crippen LogP contribution < -0.4 is 20.1 Å². The van der Waals surface area contributed by atoms with Crippen molar-refractivity contribution in [2.45, 2.75) is 32.4 Å². The van der Waals surface area contributed by atoms with Crippen molar-refractivity contribution in [1.29, 1.82) is 0 Å². The molecular formula is C22H23N5O5. The highest BCUT2D eigenvalue weighted by atomic mass is 16.6. The van der Waals surface area contributed by atoms with Gasteiger partial charge in [-0.05, 0) is 60.2 Å².